The standard InChI is InChI=1S/C30H35FN2O2/c1-22-10-12-23(13-11-22)16-19-28(34)33(21-25-14-17-26(31)18-15-25)27(29(35)32-30(2,3)4)20-24-8-6-5-7-9-24/h5-15,17-18,27H,16,19-21H2,1-4H3,(H,32,35)/t27-/m0/s1. The molecule has 0 saturated carbocycles. The molecule has 0 bridgehead atoms. The van der Waals surface area contributed by atoms with Gasteiger partial charge in [0, 0.05) is 24.9 Å². The van der Waals surface area contributed by atoms with Crippen molar-refractivity contribution in [3.05, 3.63) is 107 Å². The molecule has 0 unspecified atom stereocenters. The van der Waals surface area contributed by atoms with Crippen LogP contribution in [0.5, 0.6) is 0 Å². The lowest BCUT2D eigenvalue weighted by Crippen LogP contribution is -2.54. The summed E-state index contributed by atoms with van der Waals surface area (Å²) in [6.45, 7) is 8.03. The quantitative estimate of drug-likeness (QED) is 0.438. The van der Waals surface area contributed by atoms with E-state index in [1.165, 1.54) is 17.7 Å². The monoisotopic (exact) mass is 474 g/mol. The third-order valence-corrected chi connectivity index (χ3v) is 5.78. The molecule has 5 heteroatoms. The number of nitrogens with one attached hydrogen (secondary N) is 1. The highest BCUT2D eigenvalue weighted by Gasteiger charge is 2.32. The lowest BCUT2D eigenvalue weighted by Gasteiger charge is -2.34. The Bertz CT molecular complexity index is 1100. The molecule has 0 aliphatic carbocycles. The molecule has 0 heterocycles. The van der Waals surface area contributed by atoms with Crippen molar-refractivity contribution in [3.8, 4) is 0 Å². The summed E-state index contributed by atoms with van der Waals surface area (Å²) in [7, 11) is 0. The number of amides is 2. The zero-order chi connectivity index (χ0) is 25.4. The lowest BCUT2D eigenvalue weighted by atomic mass is 9.99. The highest BCUT2D eigenvalue weighted by atomic mass is 19.1. The first-order valence-corrected chi connectivity index (χ1v) is 12.1. The number of hydrogen-bond donors (Lipinski definition) is 1. The number of carbonyl (C=O) groups is 2. The third kappa shape index (κ3) is 8.36. The molecule has 35 heavy (non-hydrogen) atoms. The normalized spacial score (nSPS) is 12.1. The molecule has 0 aliphatic rings. The lowest BCUT2D eigenvalue weighted by molar-refractivity contribution is -0.141. The largest absolute Gasteiger partial charge is 0.350 e. The zero-order valence-corrected chi connectivity index (χ0v) is 21.1. The Labute approximate surface area is 208 Å². The van der Waals surface area contributed by atoms with Gasteiger partial charge < -0.3 is 10.2 Å². The molecule has 1 atom stereocenters. The number of rotatable bonds is 9. The summed E-state index contributed by atoms with van der Waals surface area (Å²) in [6.07, 6.45) is 1.25. The molecular weight excluding hydrogens is 439 g/mol. The van der Waals surface area contributed by atoms with Crippen LogP contribution < -0.4 is 5.32 Å². The molecule has 0 saturated heterocycles. The van der Waals surface area contributed by atoms with E-state index in [0.29, 0.717) is 12.8 Å². The maximum absolute atomic E-state index is 13.6. The van der Waals surface area contributed by atoms with Gasteiger partial charge in [0.1, 0.15) is 11.9 Å². The van der Waals surface area contributed by atoms with Gasteiger partial charge in [-0.3, -0.25) is 9.59 Å². The number of hydrogen-bond acceptors (Lipinski definition) is 2. The van der Waals surface area contributed by atoms with E-state index < -0.39 is 11.6 Å². The molecule has 0 spiro atoms. The fourth-order valence-electron chi connectivity index (χ4n) is 3.94. The molecule has 0 fully saturated rings. The van der Waals surface area contributed by atoms with Crippen molar-refractivity contribution in [1.82, 2.24) is 10.2 Å². The summed E-state index contributed by atoms with van der Waals surface area (Å²) in [4.78, 5) is 28.8. The van der Waals surface area contributed by atoms with Crippen molar-refractivity contribution in [2.75, 3.05) is 0 Å². The second kappa shape index (κ2) is 11.8. The predicted octanol–water partition coefficient (Wildman–Crippen LogP) is 5.62. The van der Waals surface area contributed by atoms with Crippen molar-refractivity contribution in [3.63, 3.8) is 0 Å². The van der Waals surface area contributed by atoms with Crippen LogP contribution in [0.1, 0.15) is 49.4 Å². The second-order valence-electron chi connectivity index (χ2n) is 10.1. The van der Waals surface area contributed by atoms with Gasteiger partial charge in [-0.2, -0.15) is 0 Å². The van der Waals surface area contributed by atoms with Crippen LogP contribution >= 0.6 is 0 Å². The van der Waals surface area contributed by atoms with Gasteiger partial charge in [-0.25, -0.2) is 4.39 Å². The summed E-state index contributed by atoms with van der Waals surface area (Å²) >= 11 is 0. The average Bonchev–Trinajstić information content (AvgIpc) is 2.81. The minimum Gasteiger partial charge on any atom is -0.350 e. The molecule has 3 aromatic rings. The molecule has 3 aromatic carbocycles. The van der Waals surface area contributed by atoms with E-state index in [2.05, 4.69) is 5.32 Å². The Morgan fingerprint density at radius 2 is 1.46 bits per heavy atom. The van der Waals surface area contributed by atoms with Gasteiger partial charge in [0.25, 0.3) is 0 Å². The van der Waals surface area contributed by atoms with Crippen LogP contribution in [0.4, 0.5) is 4.39 Å². The van der Waals surface area contributed by atoms with Crippen molar-refractivity contribution in [1.29, 1.82) is 0 Å². The highest BCUT2D eigenvalue weighted by molar-refractivity contribution is 5.88. The molecule has 2 amide bonds. The van der Waals surface area contributed by atoms with E-state index >= 15 is 0 Å². The van der Waals surface area contributed by atoms with Gasteiger partial charge in [-0.05, 0) is 62.9 Å². The van der Waals surface area contributed by atoms with Gasteiger partial charge in [0.2, 0.25) is 11.8 Å². The van der Waals surface area contributed by atoms with Crippen molar-refractivity contribution >= 4 is 11.8 Å². The van der Waals surface area contributed by atoms with E-state index in [-0.39, 0.29) is 30.6 Å². The van der Waals surface area contributed by atoms with Crippen molar-refractivity contribution in [2.45, 2.75) is 65.1 Å². The smallest absolute Gasteiger partial charge is 0.243 e. The van der Waals surface area contributed by atoms with Crippen molar-refractivity contribution in [2.24, 2.45) is 0 Å². The first kappa shape index (κ1) is 26.1. The number of carbonyl (C=O) groups excluding carboxylic acids is 2. The van der Waals surface area contributed by atoms with Crippen LogP contribution in [-0.2, 0) is 29.0 Å². The molecule has 0 aromatic heterocycles. The number of aryl methyl sites for hydroxylation is 2. The van der Waals surface area contributed by atoms with E-state index in [9.17, 15) is 14.0 Å². The molecular formula is C30H35FN2O2. The summed E-state index contributed by atoms with van der Waals surface area (Å²) in [5.74, 6) is -0.649. The van der Waals surface area contributed by atoms with Gasteiger partial charge >= 0.3 is 0 Å². The van der Waals surface area contributed by atoms with E-state index in [1.54, 1.807) is 17.0 Å². The van der Waals surface area contributed by atoms with Crippen LogP contribution in [0.15, 0.2) is 78.9 Å². The zero-order valence-electron chi connectivity index (χ0n) is 21.1. The first-order chi connectivity index (χ1) is 16.6. The maximum Gasteiger partial charge on any atom is 0.243 e. The summed E-state index contributed by atoms with van der Waals surface area (Å²) < 4.78 is 13.5. The Morgan fingerprint density at radius 3 is 2.06 bits per heavy atom. The second-order valence-corrected chi connectivity index (χ2v) is 10.1. The van der Waals surface area contributed by atoms with Crippen LogP contribution in [-0.4, -0.2) is 28.3 Å². The van der Waals surface area contributed by atoms with Crippen LogP contribution in [0.3, 0.4) is 0 Å². The number of halogens is 1. The molecule has 0 radical (unpaired) electrons. The predicted molar refractivity (Wildman–Crippen MR) is 138 cm³/mol. The number of benzene rings is 3. The van der Waals surface area contributed by atoms with Crippen molar-refractivity contribution < 1.29 is 14.0 Å². The maximum atomic E-state index is 13.6. The Balaban J connectivity index is 1.91. The number of nitrogens with zero attached hydrogens (tertiary/aromatic N) is 1. The Hall–Kier alpha value is -3.47. The molecule has 3 rings (SSSR count). The summed E-state index contributed by atoms with van der Waals surface area (Å²) in [5.41, 5.74) is 3.54. The minimum absolute atomic E-state index is 0.111. The van der Waals surface area contributed by atoms with E-state index in [4.69, 9.17) is 0 Å². The van der Waals surface area contributed by atoms with Crippen LogP contribution in [0.25, 0.3) is 0 Å². The van der Waals surface area contributed by atoms with E-state index in [1.807, 2.05) is 82.3 Å². The van der Waals surface area contributed by atoms with E-state index in [0.717, 1.165) is 16.7 Å². The van der Waals surface area contributed by atoms with Gasteiger partial charge in [-0.15, -0.1) is 0 Å². The Kier molecular flexibility index (Phi) is 8.80. The van der Waals surface area contributed by atoms with Crippen LogP contribution in [0, 0.1) is 12.7 Å². The molecule has 4 nitrogen and oxygen atoms in total. The average molecular weight is 475 g/mol. The Morgan fingerprint density at radius 1 is 0.857 bits per heavy atom. The molecule has 0 aliphatic heterocycles. The fourth-order valence-corrected chi connectivity index (χ4v) is 3.94. The van der Waals surface area contributed by atoms with Gasteiger partial charge in [0.15, 0.2) is 0 Å². The third-order valence-electron chi connectivity index (χ3n) is 5.78. The minimum atomic E-state index is -0.702. The first-order valence-electron chi connectivity index (χ1n) is 12.1. The highest BCUT2D eigenvalue weighted by Crippen LogP contribution is 2.18. The van der Waals surface area contributed by atoms with Crippen LogP contribution in [0.2, 0.25) is 0 Å². The molecule has 1 N–H and O–H groups in total. The molecule has 184 valence electrons. The fraction of sp³-hybridized carbons (Fsp3) is 0.333. The summed E-state index contributed by atoms with van der Waals surface area (Å²) in [5, 5.41) is 3.06. The van der Waals surface area contributed by atoms with Gasteiger partial charge in [-0.1, -0.05) is 72.3 Å². The van der Waals surface area contributed by atoms with Gasteiger partial charge in [0.05, 0.1) is 0 Å². The topological polar surface area (TPSA) is 49.4 Å². The SMILES string of the molecule is Cc1ccc(CCC(=O)N(Cc2ccc(F)cc2)[C@@H](Cc2ccccc2)C(=O)NC(C)(C)C)cc1. The summed E-state index contributed by atoms with van der Waals surface area (Å²) in [6, 6.07) is 23.2.